The molecule has 110 valence electrons. The van der Waals surface area contributed by atoms with Crippen molar-refractivity contribution in [2.24, 2.45) is 0 Å². The highest BCUT2D eigenvalue weighted by atomic mass is 19.1. The van der Waals surface area contributed by atoms with Crippen molar-refractivity contribution in [2.45, 2.75) is 6.42 Å². The summed E-state index contributed by atoms with van der Waals surface area (Å²) >= 11 is 0. The maximum absolute atomic E-state index is 13.3. The second kappa shape index (κ2) is 6.86. The predicted octanol–water partition coefficient (Wildman–Crippen LogP) is 0.132. The molecule has 1 fully saturated rings. The second-order valence-electron chi connectivity index (χ2n) is 4.58. The Balaban J connectivity index is 2.31. The van der Waals surface area contributed by atoms with E-state index in [1.807, 2.05) is 0 Å². The van der Waals surface area contributed by atoms with E-state index in [1.165, 1.54) is 17.0 Å². The first-order chi connectivity index (χ1) is 10.1. The van der Waals surface area contributed by atoms with Gasteiger partial charge in [-0.25, -0.2) is 4.39 Å². The number of rotatable bonds is 1. The van der Waals surface area contributed by atoms with E-state index in [2.05, 4.69) is 17.2 Å². The summed E-state index contributed by atoms with van der Waals surface area (Å²) in [5.74, 6) is 3.87. The number of carbonyl (C=O) groups excluding carboxylic acids is 2. The molecule has 1 aliphatic rings. The molecule has 1 aromatic carbocycles. The summed E-state index contributed by atoms with van der Waals surface area (Å²) < 4.78 is 13.3. The number of carbonyl (C=O) groups is 2. The van der Waals surface area contributed by atoms with Gasteiger partial charge in [0.15, 0.2) is 0 Å². The Hall–Kier alpha value is -2.39. The molecule has 0 aliphatic carbocycles. The molecule has 2 N–H and O–H groups in total. The fraction of sp³-hybridized carbons (Fsp3) is 0.333. The van der Waals surface area contributed by atoms with Crippen molar-refractivity contribution in [3.05, 3.63) is 35.1 Å². The van der Waals surface area contributed by atoms with Crippen LogP contribution in [0.1, 0.15) is 22.3 Å². The van der Waals surface area contributed by atoms with Gasteiger partial charge in [0, 0.05) is 18.7 Å². The molecule has 1 aromatic rings. The number of benzene rings is 1. The summed E-state index contributed by atoms with van der Waals surface area (Å²) in [4.78, 5) is 25.4. The van der Waals surface area contributed by atoms with Gasteiger partial charge in [-0.3, -0.25) is 9.59 Å². The van der Waals surface area contributed by atoms with Crippen molar-refractivity contribution in [1.82, 2.24) is 10.2 Å². The van der Waals surface area contributed by atoms with Crippen LogP contribution in [0.3, 0.4) is 0 Å². The first kappa shape index (κ1) is 15.0. The van der Waals surface area contributed by atoms with Gasteiger partial charge in [-0.05, 0) is 24.6 Å². The van der Waals surface area contributed by atoms with E-state index in [1.54, 1.807) is 0 Å². The fourth-order valence-corrected chi connectivity index (χ4v) is 2.09. The van der Waals surface area contributed by atoms with Crippen LogP contribution >= 0.6 is 0 Å². The standard InChI is InChI=1S/C15H15FN2O3/c16-12-4-5-13(11(9-12)3-1-8-19)15(21)18-7-2-6-17-14(20)10-18/h4-5,9,19H,2,6-8,10H2,(H,17,20). The molecule has 2 amide bonds. The van der Waals surface area contributed by atoms with Crippen LogP contribution in [-0.2, 0) is 4.79 Å². The Kier molecular flexibility index (Phi) is 4.90. The predicted molar refractivity (Wildman–Crippen MR) is 73.9 cm³/mol. The lowest BCUT2D eigenvalue weighted by molar-refractivity contribution is -0.121. The van der Waals surface area contributed by atoms with Crippen LogP contribution < -0.4 is 5.32 Å². The van der Waals surface area contributed by atoms with E-state index in [9.17, 15) is 14.0 Å². The van der Waals surface area contributed by atoms with Crippen molar-refractivity contribution in [2.75, 3.05) is 26.2 Å². The molecule has 1 saturated heterocycles. The summed E-state index contributed by atoms with van der Waals surface area (Å²) in [6.45, 7) is 0.574. The zero-order chi connectivity index (χ0) is 15.2. The van der Waals surface area contributed by atoms with E-state index in [0.717, 1.165) is 6.07 Å². The average molecular weight is 290 g/mol. The van der Waals surface area contributed by atoms with Gasteiger partial charge in [0.2, 0.25) is 5.91 Å². The molecule has 21 heavy (non-hydrogen) atoms. The van der Waals surface area contributed by atoms with Gasteiger partial charge in [-0.15, -0.1) is 0 Å². The van der Waals surface area contributed by atoms with Crippen molar-refractivity contribution in [3.63, 3.8) is 0 Å². The van der Waals surface area contributed by atoms with Gasteiger partial charge in [0.25, 0.3) is 5.91 Å². The van der Waals surface area contributed by atoms with Crippen molar-refractivity contribution in [1.29, 1.82) is 0 Å². The van der Waals surface area contributed by atoms with E-state index in [-0.39, 0.29) is 36.1 Å². The Morgan fingerprint density at radius 1 is 1.48 bits per heavy atom. The smallest absolute Gasteiger partial charge is 0.255 e. The quantitative estimate of drug-likeness (QED) is 0.722. The van der Waals surface area contributed by atoms with Crippen LogP contribution in [0.2, 0.25) is 0 Å². The Morgan fingerprint density at radius 3 is 3.05 bits per heavy atom. The number of aliphatic hydroxyl groups excluding tert-OH is 1. The third kappa shape index (κ3) is 3.80. The van der Waals surface area contributed by atoms with Crippen LogP contribution in [-0.4, -0.2) is 48.1 Å². The molecule has 0 unspecified atom stereocenters. The van der Waals surface area contributed by atoms with E-state index in [4.69, 9.17) is 5.11 Å². The molecule has 0 aromatic heterocycles. The topological polar surface area (TPSA) is 69.6 Å². The SMILES string of the molecule is O=C1CN(C(=O)c2ccc(F)cc2C#CCO)CCCN1. The van der Waals surface area contributed by atoms with Gasteiger partial charge in [0.05, 0.1) is 12.1 Å². The number of nitrogens with one attached hydrogen (secondary N) is 1. The van der Waals surface area contributed by atoms with Crippen molar-refractivity contribution in [3.8, 4) is 11.8 Å². The van der Waals surface area contributed by atoms with Crippen LogP contribution in [0.15, 0.2) is 18.2 Å². The van der Waals surface area contributed by atoms with Crippen LogP contribution in [0.25, 0.3) is 0 Å². The molecule has 1 heterocycles. The molecular weight excluding hydrogens is 275 g/mol. The monoisotopic (exact) mass is 290 g/mol. The number of aliphatic hydroxyl groups is 1. The van der Waals surface area contributed by atoms with Crippen molar-refractivity contribution < 1.29 is 19.1 Å². The first-order valence-electron chi connectivity index (χ1n) is 6.57. The first-order valence-corrected chi connectivity index (χ1v) is 6.57. The van der Waals surface area contributed by atoms with Gasteiger partial charge in [0.1, 0.15) is 12.4 Å². The van der Waals surface area contributed by atoms with Crippen LogP contribution in [0.5, 0.6) is 0 Å². The molecule has 0 atom stereocenters. The Morgan fingerprint density at radius 2 is 2.29 bits per heavy atom. The lowest BCUT2D eigenvalue weighted by Gasteiger charge is -2.19. The minimum absolute atomic E-state index is 0.0247. The highest BCUT2D eigenvalue weighted by molar-refractivity contribution is 5.98. The summed E-state index contributed by atoms with van der Waals surface area (Å²) in [7, 11) is 0. The van der Waals surface area contributed by atoms with Gasteiger partial charge < -0.3 is 15.3 Å². The largest absolute Gasteiger partial charge is 0.384 e. The maximum atomic E-state index is 13.3. The number of amides is 2. The minimum atomic E-state index is -0.512. The Bertz CT molecular complexity index is 619. The van der Waals surface area contributed by atoms with Crippen molar-refractivity contribution >= 4 is 11.8 Å². The Labute approximate surface area is 121 Å². The number of hydrogen-bond donors (Lipinski definition) is 2. The van der Waals surface area contributed by atoms with Gasteiger partial charge in [-0.2, -0.15) is 0 Å². The zero-order valence-electron chi connectivity index (χ0n) is 11.4. The number of hydrogen-bond acceptors (Lipinski definition) is 3. The third-order valence-electron chi connectivity index (χ3n) is 3.06. The highest BCUT2D eigenvalue weighted by Crippen LogP contribution is 2.14. The summed E-state index contributed by atoms with van der Waals surface area (Å²) in [6, 6.07) is 3.67. The van der Waals surface area contributed by atoms with E-state index < -0.39 is 5.82 Å². The molecule has 0 saturated carbocycles. The molecule has 0 bridgehead atoms. The second-order valence-corrected chi connectivity index (χ2v) is 4.58. The molecule has 0 spiro atoms. The van der Waals surface area contributed by atoms with Gasteiger partial charge >= 0.3 is 0 Å². The van der Waals surface area contributed by atoms with Gasteiger partial charge in [-0.1, -0.05) is 11.8 Å². The molecule has 1 aliphatic heterocycles. The fourth-order valence-electron chi connectivity index (χ4n) is 2.09. The highest BCUT2D eigenvalue weighted by Gasteiger charge is 2.22. The van der Waals surface area contributed by atoms with E-state index in [0.29, 0.717) is 19.5 Å². The number of nitrogens with zero attached hydrogens (tertiary/aromatic N) is 1. The van der Waals surface area contributed by atoms with Crippen LogP contribution in [0.4, 0.5) is 4.39 Å². The maximum Gasteiger partial charge on any atom is 0.255 e. The molecule has 5 nitrogen and oxygen atoms in total. The minimum Gasteiger partial charge on any atom is -0.384 e. The third-order valence-corrected chi connectivity index (χ3v) is 3.06. The summed E-state index contributed by atoms with van der Waals surface area (Å²) in [5, 5.41) is 11.4. The summed E-state index contributed by atoms with van der Waals surface area (Å²) in [6.07, 6.45) is 0.663. The zero-order valence-corrected chi connectivity index (χ0v) is 11.4. The summed E-state index contributed by atoms with van der Waals surface area (Å²) in [5.41, 5.74) is 0.436. The molecule has 0 radical (unpaired) electrons. The molecular formula is C15H15FN2O3. The van der Waals surface area contributed by atoms with Crippen LogP contribution in [0, 0.1) is 17.7 Å². The van der Waals surface area contributed by atoms with E-state index >= 15 is 0 Å². The number of halogens is 1. The lowest BCUT2D eigenvalue weighted by atomic mass is 10.1. The molecule has 6 heteroatoms. The molecule has 2 rings (SSSR count). The normalized spacial score (nSPS) is 14.8. The average Bonchev–Trinajstić information content (AvgIpc) is 2.69. The lowest BCUT2D eigenvalue weighted by Crippen LogP contribution is -2.37.